The van der Waals surface area contributed by atoms with Gasteiger partial charge in [0.05, 0.1) is 0 Å². The molecule has 5 heteroatoms. The molecule has 3 nitrogen and oxygen atoms in total. The first-order valence-electron chi connectivity index (χ1n) is 4.65. The highest BCUT2D eigenvalue weighted by molar-refractivity contribution is 7.22. The van der Waals surface area contributed by atoms with Crippen molar-refractivity contribution in [2.75, 3.05) is 6.79 Å². The van der Waals surface area contributed by atoms with Crippen LogP contribution in [0.1, 0.15) is 6.92 Å². The lowest BCUT2D eigenvalue weighted by Gasteiger charge is -2.01. The van der Waals surface area contributed by atoms with Gasteiger partial charge in [0.25, 0.3) is 0 Å². The number of esters is 1. The quantitative estimate of drug-likeness (QED) is 0.620. The molecule has 0 N–H and O–H groups in total. The fourth-order valence-electron chi connectivity index (χ4n) is 1.12. The molecule has 0 amide bonds. The van der Waals surface area contributed by atoms with Crippen molar-refractivity contribution in [2.45, 2.75) is 6.92 Å². The summed E-state index contributed by atoms with van der Waals surface area (Å²) in [7, 11) is 0. The van der Waals surface area contributed by atoms with E-state index in [1.807, 2.05) is 23.6 Å². The Balaban J connectivity index is 1.95. The van der Waals surface area contributed by atoms with Crippen molar-refractivity contribution in [1.29, 1.82) is 0 Å². The van der Waals surface area contributed by atoms with Crippen molar-refractivity contribution in [3.05, 3.63) is 29.6 Å². The van der Waals surface area contributed by atoms with E-state index >= 15 is 0 Å². The third kappa shape index (κ3) is 2.84. The van der Waals surface area contributed by atoms with E-state index in [1.165, 1.54) is 23.1 Å². The Hall–Kier alpha value is -1.33. The zero-order valence-electron chi connectivity index (χ0n) is 8.64. The molecule has 0 aliphatic carbocycles. The minimum atomic E-state index is -0.338. The van der Waals surface area contributed by atoms with Crippen LogP contribution in [0.2, 0.25) is 0 Å². The van der Waals surface area contributed by atoms with Gasteiger partial charge in [0.15, 0.2) is 5.06 Å². The Bertz CT molecular complexity index is 459. The molecule has 16 heavy (non-hydrogen) atoms. The maximum Gasteiger partial charge on any atom is 0.305 e. The van der Waals surface area contributed by atoms with Crippen LogP contribution in [-0.4, -0.2) is 12.8 Å². The van der Waals surface area contributed by atoms with Crippen molar-refractivity contribution in [2.24, 2.45) is 0 Å². The molecule has 0 aliphatic rings. The predicted octanol–water partition coefficient (Wildman–Crippen LogP) is 3.38. The number of ether oxygens (including phenoxy) is 2. The van der Waals surface area contributed by atoms with Gasteiger partial charge in [0.1, 0.15) is 0 Å². The molecule has 0 atom stereocenters. The standard InChI is InChI=1S/C11H10O3S2/c1-8(12)13-7-14-11-5-4-10(16-11)9-3-2-6-15-9/h2-6H,7H2,1H3. The summed E-state index contributed by atoms with van der Waals surface area (Å²) in [6, 6.07) is 7.95. The van der Waals surface area contributed by atoms with Crippen LogP contribution in [0.4, 0.5) is 0 Å². The number of carbonyl (C=O) groups is 1. The smallest absolute Gasteiger partial charge is 0.305 e. The van der Waals surface area contributed by atoms with E-state index in [4.69, 9.17) is 9.47 Å². The molecule has 0 aromatic carbocycles. The van der Waals surface area contributed by atoms with Crippen LogP contribution < -0.4 is 4.74 Å². The van der Waals surface area contributed by atoms with Gasteiger partial charge in [-0.25, -0.2) is 0 Å². The van der Waals surface area contributed by atoms with Gasteiger partial charge in [-0.05, 0) is 23.6 Å². The lowest BCUT2D eigenvalue weighted by molar-refractivity contribution is -0.147. The maximum absolute atomic E-state index is 10.5. The largest absolute Gasteiger partial charge is 0.448 e. The van der Waals surface area contributed by atoms with Crippen molar-refractivity contribution in [1.82, 2.24) is 0 Å². The van der Waals surface area contributed by atoms with Gasteiger partial charge >= 0.3 is 5.97 Å². The second-order valence-corrected chi connectivity index (χ2v) is 4.99. The third-order valence-corrected chi connectivity index (χ3v) is 3.87. The molecule has 0 bridgehead atoms. The van der Waals surface area contributed by atoms with Gasteiger partial charge in [0, 0.05) is 16.7 Å². The molecule has 2 aromatic rings. The van der Waals surface area contributed by atoms with Crippen molar-refractivity contribution >= 4 is 28.6 Å². The zero-order chi connectivity index (χ0) is 11.4. The number of hydrogen-bond donors (Lipinski definition) is 0. The summed E-state index contributed by atoms with van der Waals surface area (Å²) < 4.78 is 9.97. The Morgan fingerprint density at radius 2 is 2.19 bits per heavy atom. The average molecular weight is 254 g/mol. The Morgan fingerprint density at radius 3 is 2.88 bits per heavy atom. The summed E-state index contributed by atoms with van der Waals surface area (Å²) in [6.07, 6.45) is 0. The fraction of sp³-hybridized carbons (Fsp3) is 0.182. The molecule has 2 rings (SSSR count). The normalized spacial score (nSPS) is 10.1. The Labute approximate surface area is 101 Å². The van der Waals surface area contributed by atoms with E-state index < -0.39 is 0 Å². The zero-order valence-corrected chi connectivity index (χ0v) is 10.3. The topological polar surface area (TPSA) is 35.5 Å². The first kappa shape index (κ1) is 11.2. The summed E-state index contributed by atoms with van der Waals surface area (Å²) in [5, 5.41) is 2.79. The summed E-state index contributed by atoms with van der Waals surface area (Å²) in [5.74, 6) is -0.338. The second kappa shape index (κ2) is 5.14. The van der Waals surface area contributed by atoms with E-state index in [9.17, 15) is 4.79 Å². The molecule has 0 radical (unpaired) electrons. The van der Waals surface area contributed by atoms with Crippen molar-refractivity contribution in [3.8, 4) is 14.8 Å². The van der Waals surface area contributed by atoms with Gasteiger partial charge < -0.3 is 9.47 Å². The monoisotopic (exact) mass is 254 g/mol. The predicted molar refractivity (Wildman–Crippen MR) is 64.9 cm³/mol. The summed E-state index contributed by atoms with van der Waals surface area (Å²) >= 11 is 3.23. The van der Waals surface area contributed by atoms with Crippen molar-refractivity contribution < 1.29 is 14.3 Å². The van der Waals surface area contributed by atoms with Crippen LogP contribution in [0.5, 0.6) is 5.06 Å². The Kier molecular flexibility index (Phi) is 3.58. The van der Waals surface area contributed by atoms with E-state index in [2.05, 4.69) is 6.07 Å². The lowest BCUT2D eigenvalue weighted by atomic mass is 10.4. The summed E-state index contributed by atoms with van der Waals surface area (Å²) in [6.45, 7) is 1.33. The molecule has 0 fully saturated rings. The average Bonchev–Trinajstić information content (AvgIpc) is 2.85. The summed E-state index contributed by atoms with van der Waals surface area (Å²) in [5.41, 5.74) is 0. The minimum Gasteiger partial charge on any atom is -0.448 e. The number of hydrogen-bond acceptors (Lipinski definition) is 5. The van der Waals surface area contributed by atoms with Crippen LogP contribution in [0, 0.1) is 0 Å². The van der Waals surface area contributed by atoms with E-state index in [0.717, 1.165) is 9.94 Å². The molecule has 0 aliphatic heterocycles. The molecule has 0 spiro atoms. The van der Waals surface area contributed by atoms with Crippen LogP contribution in [0.15, 0.2) is 29.6 Å². The number of carbonyl (C=O) groups excluding carboxylic acids is 1. The van der Waals surface area contributed by atoms with Gasteiger partial charge in [-0.3, -0.25) is 4.79 Å². The van der Waals surface area contributed by atoms with Gasteiger partial charge in [0.2, 0.25) is 6.79 Å². The molecule has 84 valence electrons. The van der Waals surface area contributed by atoms with Crippen LogP contribution in [0.25, 0.3) is 9.75 Å². The highest BCUT2D eigenvalue weighted by atomic mass is 32.1. The SMILES string of the molecule is CC(=O)OCOc1ccc(-c2cccs2)s1. The second-order valence-electron chi connectivity index (χ2n) is 2.99. The van der Waals surface area contributed by atoms with E-state index in [-0.39, 0.29) is 12.8 Å². The van der Waals surface area contributed by atoms with Crippen molar-refractivity contribution in [3.63, 3.8) is 0 Å². The molecular formula is C11H10O3S2. The van der Waals surface area contributed by atoms with Crippen LogP contribution in [0.3, 0.4) is 0 Å². The maximum atomic E-state index is 10.5. The first-order valence-corrected chi connectivity index (χ1v) is 6.35. The van der Waals surface area contributed by atoms with E-state index in [1.54, 1.807) is 11.3 Å². The highest BCUT2D eigenvalue weighted by Gasteiger charge is 2.04. The lowest BCUT2D eigenvalue weighted by Crippen LogP contribution is -2.05. The third-order valence-electron chi connectivity index (χ3n) is 1.81. The molecule has 0 saturated carbocycles. The number of thiophene rings is 2. The number of rotatable bonds is 4. The van der Waals surface area contributed by atoms with Gasteiger partial charge in [-0.1, -0.05) is 17.4 Å². The first-order chi connectivity index (χ1) is 7.75. The molecule has 2 aromatic heterocycles. The van der Waals surface area contributed by atoms with Gasteiger partial charge in [-0.2, -0.15) is 0 Å². The van der Waals surface area contributed by atoms with Gasteiger partial charge in [-0.15, -0.1) is 11.3 Å². The summed E-state index contributed by atoms with van der Waals surface area (Å²) in [4.78, 5) is 12.9. The molecule has 0 unspecified atom stereocenters. The molecule has 0 saturated heterocycles. The van der Waals surface area contributed by atoms with E-state index in [0.29, 0.717) is 0 Å². The minimum absolute atomic E-state index is 0.0280. The van der Waals surface area contributed by atoms with Crippen LogP contribution >= 0.6 is 22.7 Å². The molecular weight excluding hydrogens is 244 g/mol. The van der Waals surface area contributed by atoms with Crippen LogP contribution in [-0.2, 0) is 9.53 Å². The molecule has 2 heterocycles. The highest BCUT2D eigenvalue weighted by Crippen LogP contribution is 2.35. The fourth-order valence-corrected chi connectivity index (χ4v) is 2.80. The Morgan fingerprint density at radius 1 is 1.31 bits per heavy atom.